The molecule has 0 aromatic heterocycles. The molecule has 0 aromatic carbocycles. The van der Waals surface area contributed by atoms with Gasteiger partial charge in [-0.2, -0.15) is 0 Å². The van der Waals surface area contributed by atoms with E-state index in [0.29, 0.717) is 25.7 Å². The smallest absolute Gasteiger partial charge is 0.462 e. The fraction of sp³-hybridized carbons (Fsp3) is 0.944. The zero-order valence-electron chi connectivity index (χ0n) is 59.3. The topological polar surface area (TPSA) is 237 Å². The molecule has 0 spiro atoms. The van der Waals surface area contributed by atoms with Crippen LogP contribution in [-0.2, 0) is 65.4 Å². The van der Waals surface area contributed by atoms with E-state index in [1.54, 1.807) is 0 Å². The molecular weight excluding hydrogens is 1200 g/mol. The molecule has 0 rings (SSSR count). The number of aliphatic hydroxyl groups excluding tert-OH is 1. The van der Waals surface area contributed by atoms with Crippen LogP contribution in [0.25, 0.3) is 0 Å². The number of esters is 4. The van der Waals surface area contributed by atoms with Crippen LogP contribution in [0.4, 0.5) is 0 Å². The first-order valence-corrected chi connectivity index (χ1v) is 40.3. The molecule has 0 aliphatic rings. The van der Waals surface area contributed by atoms with Crippen LogP contribution < -0.4 is 0 Å². The second-order valence-electron chi connectivity index (χ2n) is 27.4. The van der Waals surface area contributed by atoms with Crippen LogP contribution in [0.3, 0.4) is 0 Å². The van der Waals surface area contributed by atoms with E-state index in [4.69, 9.17) is 37.0 Å². The first-order chi connectivity index (χ1) is 43.7. The zero-order valence-corrected chi connectivity index (χ0v) is 61.1. The number of carbonyl (C=O) groups excluding carboxylic acids is 4. The van der Waals surface area contributed by atoms with Crippen LogP contribution in [0.15, 0.2) is 0 Å². The molecule has 19 heteroatoms. The summed E-state index contributed by atoms with van der Waals surface area (Å²) < 4.78 is 68.2. The van der Waals surface area contributed by atoms with E-state index in [1.807, 2.05) is 0 Å². The van der Waals surface area contributed by atoms with Gasteiger partial charge in [-0.25, -0.2) is 9.13 Å². The number of unbranched alkanes of at least 4 members (excludes halogenated alkanes) is 38. The van der Waals surface area contributed by atoms with Gasteiger partial charge in [-0.15, -0.1) is 0 Å². The van der Waals surface area contributed by atoms with Crippen LogP contribution in [0, 0.1) is 17.8 Å². The monoisotopic (exact) mass is 1340 g/mol. The Labute approximate surface area is 556 Å². The minimum atomic E-state index is -4.95. The van der Waals surface area contributed by atoms with Crippen molar-refractivity contribution in [2.45, 2.75) is 381 Å². The Morgan fingerprint density at radius 2 is 0.505 bits per heavy atom. The molecule has 91 heavy (non-hydrogen) atoms. The van der Waals surface area contributed by atoms with Crippen molar-refractivity contribution in [2.75, 3.05) is 39.6 Å². The van der Waals surface area contributed by atoms with E-state index < -0.39 is 97.5 Å². The summed E-state index contributed by atoms with van der Waals surface area (Å²) in [5.74, 6) is 0.174. The average molecular weight is 1340 g/mol. The van der Waals surface area contributed by atoms with Gasteiger partial charge in [0.1, 0.15) is 19.3 Å². The Balaban J connectivity index is 5.20. The molecule has 0 bridgehead atoms. The summed E-state index contributed by atoms with van der Waals surface area (Å²) in [5, 5.41) is 10.6. The van der Waals surface area contributed by atoms with Crippen molar-refractivity contribution in [3.63, 3.8) is 0 Å². The molecule has 0 saturated carbocycles. The molecule has 2 unspecified atom stereocenters. The fourth-order valence-electron chi connectivity index (χ4n) is 10.9. The van der Waals surface area contributed by atoms with Crippen molar-refractivity contribution in [2.24, 2.45) is 17.8 Å². The molecule has 0 aliphatic carbocycles. The number of phosphoric acid groups is 2. The zero-order chi connectivity index (χ0) is 67.3. The Bertz CT molecular complexity index is 1780. The van der Waals surface area contributed by atoms with Crippen molar-refractivity contribution < 1.29 is 80.2 Å². The van der Waals surface area contributed by atoms with E-state index in [-0.39, 0.29) is 25.7 Å². The molecule has 5 atom stereocenters. The number of carbonyl (C=O) groups is 4. The largest absolute Gasteiger partial charge is 0.472 e. The Hall–Kier alpha value is -1.94. The number of rotatable bonds is 70. The number of hydrogen-bond donors (Lipinski definition) is 3. The summed E-state index contributed by atoms with van der Waals surface area (Å²) >= 11 is 0. The minimum absolute atomic E-state index is 0.104. The van der Waals surface area contributed by atoms with Gasteiger partial charge in [0.2, 0.25) is 0 Å². The molecule has 0 radical (unpaired) electrons. The van der Waals surface area contributed by atoms with Crippen molar-refractivity contribution in [1.82, 2.24) is 0 Å². The Kier molecular flexibility index (Phi) is 61.5. The van der Waals surface area contributed by atoms with Gasteiger partial charge in [0, 0.05) is 25.7 Å². The maximum Gasteiger partial charge on any atom is 0.472 e. The molecule has 0 heterocycles. The summed E-state index contributed by atoms with van der Waals surface area (Å²) in [6.07, 6.45) is 47.4. The molecule has 0 aromatic rings. The highest BCUT2D eigenvalue weighted by Crippen LogP contribution is 2.45. The molecule has 0 amide bonds. The van der Waals surface area contributed by atoms with Gasteiger partial charge in [0.05, 0.1) is 26.4 Å². The third-order valence-electron chi connectivity index (χ3n) is 16.6. The fourth-order valence-corrected chi connectivity index (χ4v) is 12.5. The van der Waals surface area contributed by atoms with Crippen LogP contribution in [0.1, 0.15) is 363 Å². The lowest BCUT2D eigenvalue weighted by Gasteiger charge is -2.21. The molecule has 17 nitrogen and oxygen atoms in total. The lowest BCUT2D eigenvalue weighted by Crippen LogP contribution is -2.30. The van der Waals surface area contributed by atoms with Gasteiger partial charge in [-0.3, -0.25) is 37.3 Å². The summed E-state index contributed by atoms with van der Waals surface area (Å²) in [5.41, 5.74) is 0. The van der Waals surface area contributed by atoms with Gasteiger partial charge >= 0.3 is 39.5 Å². The van der Waals surface area contributed by atoms with Crippen molar-refractivity contribution >= 4 is 39.5 Å². The lowest BCUT2D eigenvalue weighted by atomic mass is 10.0. The predicted molar refractivity (Wildman–Crippen MR) is 368 cm³/mol. The van der Waals surface area contributed by atoms with Crippen LogP contribution >= 0.6 is 15.6 Å². The standard InChI is InChI=1S/C72H140O17P2/c1-8-9-10-11-29-39-46-53-69(74)82-59-67(89-72(77)56-49-42-35-28-27-32-38-45-52-65(6)7)61-86-90(78,79)84-57-66(73)58-85-91(80,81)87-62-68(60-83-70(75)54-47-40-33-25-21-18-17-20-24-31-37-44-51-64(4)5)88-71(76)55-48-41-34-26-22-16-14-12-13-15-19-23-30-36-43-50-63(2)3/h63-68,73H,8-62H2,1-7H3,(H,78,79)(H,80,81)/t66-,67+,68+/m0/s1. The quantitative estimate of drug-likeness (QED) is 0.0222. The second-order valence-corrected chi connectivity index (χ2v) is 30.3. The minimum Gasteiger partial charge on any atom is -0.462 e. The van der Waals surface area contributed by atoms with E-state index in [0.717, 1.165) is 120 Å². The SMILES string of the molecule is CCCCCCCCCC(=O)OC[C@H](COP(=O)(O)OC[C@H](O)COP(=O)(O)OC[C@@H](COC(=O)CCCCCCCCCCCCCCC(C)C)OC(=O)CCCCCCCCCCCCCCCCCC(C)C)OC(=O)CCCCCCCCCCC(C)C. The van der Waals surface area contributed by atoms with Crippen LogP contribution in [0.5, 0.6) is 0 Å². The van der Waals surface area contributed by atoms with Gasteiger partial charge in [0.25, 0.3) is 0 Å². The first kappa shape index (κ1) is 89.1. The lowest BCUT2D eigenvalue weighted by molar-refractivity contribution is -0.161. The van der Waals surface area contributed by atoms with E-state index in [1.165, 1.54) is 161 Å². The summed E-state index contributed by atoms with van der Waals surface area (Å²) in [7, 11) is -9.90. The van der Waals surface area contributed by atoms with Crippen molar-refractivity contribution in [3.05, 3.63) is 0 Å². The average Bonchev–Trinajstić information content (AvgIpc) is 3.63. The van der Waals surface area contributed by atoms with Crippen molar-refractivity contribution in [3.8, 4) is 0 Å². The van der Waals surface area contributed by atoms with Gasteiger partial charge in [-0.1, -0.05) is 312 Å². The van der Waals surface area contributed by atoms with E-state index in [2.05, 4.69) is 48.5 Å². The third kappa shape index (κ3) is 66.5. The summed E-state index contributed by atoms with van der Waals surface area (Å²) in [6.45, 7) is 11.8. The van der Waals surface area contributed by atoms with Gasteiger partial charge < -0.3 is 33.8 Å². The highest BCUT2D eigenvalue weighted by Gasteiger charge is 2.30. The number of phosphoric ester groups is 2. The molecular formula is C72H140O17P2. The highest BCUT2D eigenvalue weighted by molar-refractivity contribution is 7.47. The highest BCUT2D eigenvalue weighted by atomic mass is 31.2. The van der Waals surface area contributed by atoms with Gasteiger partial charge in [0.15, 0.2) is 12.2 Å². The molecule has 0 aliphatic heterocycles. The molecule has 3 N–H and O–H groups in total. The van der Waals surface area contributed by atoms with Crippen LogP contribution in [0.2, 0.25) is 0 Å². The van der Waals surface area contributed by atoms with Crippen LogP contribution in [-0.4, -0.2) is 96.7 Å². The summed E-state index contributed by atoms with van der Waals surface area (Å²) in [6, 6.07) is 0. The van der Waals surface area contributed by atoms with Gasteiger partial charge in [-0.05, 0) is 43.4 Å². The second kappa shape index (κ2) is 62.8. The normalized spacial score (nSPS) is 14.2. The molecule has 540 valence electrons. The number of hydrogen-bond acceptors (Lipinski definition) is 15. The third-order valence-corrected chi connectivity index (χ3v) is 18.5. The maximum absolute atomic E-state index is 13.0. The summed E-state index contributed by atoms with van der Waals surface area (Å²) in [4.78, 5) is 72.5. The Morgan fingerprint density at radius 1 is 0.297 bits per heavy atom. The molecule has 0 fully saturated rings. The van der Waals surface area contributed by atoms with E-state index >= 15 is 0 Å². The van der Waals surface area contributed by atoms with E-state index in [9.17, 15) is 43.2 Å². The number of ether oxygens (including phenoxy) is 4. The maximum atomic E-state index is 13.0. The molecule has 0 saturated heterocycles. The Morgan fingerprint density at radius 3 is 0.747 bits per heavy atom. The number of aliphatic hydroxyl groups is 1. The van der Waals surface area contributed by atoms with Crippen molar-refractivity contribution in [1.29, 1.82) is 0 Å². The first-order valence-electron chi connectivity index (χ1n) is 37.3. The predicted octanol–water partition coefficient (Wildman–Crippen LogP) is 20.6.